The summed E-state index contributed by atoms with van der Waals surface area (Å²) in [6.07, 6.45) is 1.07. The smallest absolute Gasteiger partial charge is 0.376 e. The molecule has 0 aliphatic carbocycles. The molecular weight excluding hydrogens is 446 g/mol. The first-order chi connectivity index (χ1) is 13.5. The summed E-state index contributed by atoms with van der Waals surface area (Å²) in [5.74, 6) is 1.31. The molecule has 2 saturated heterocycles. The number of halogens is 2. The van der Waals surface area contributed by atoms with Gasteiger partial charge in [0.05, 0.1) is 23.1 Å². The van der Waals surface area contributed by atoms with Crippen LogP contribution in [-0.4, -0.2) is 57.8 Å². The largest absolute Gasteiger partial charge is 0.437 e. The quantitative estimate of drug-likeness (QED) is 0.422. The summed E-state index contributed by atoms with van der Waals surface area (Å²) in [5.41, 5.74) is 2.22. The van der Waals surface area contributed by atoms with Crippen LogP contribution in [0.2, 0.25) is 6.82 Å². The van der Waals surface area contributed by atoms with Crippen molar-refractivity contribution in [1.29, 1.82) is 0 Å². The first-order valence-electron chi connectivity index (χ1n) is 9.61. The van der Waals surface area contributed by atoms with Crippen LogP contribution in [0.3, 0.4) is 0 Å². The van der Waals surface area contributed by atoms with Crippen molar-refractivity contribution in [2.45, 2.75) is 50.6 Å². The number of anilines is 1. The Labute approximate surface area is 176 Å². The van der Waals surface area contributed by atoms with Crippen molar-refractivity contribution >= 4 is 51.5 Å². The van der Waals surface area contributed by atoms with Crippen LogP contribution in [0.5, 0.6) is 0 Å². The van der Waals surface area contributed by atoms with Crippen molar-refractivity contribution in [3.05, 3.63) is 21.4 Å². The van der Waals surface area contributed by atoms with Crippen LogP contribution in [0.15, 0.2) is 9.63 Å². The van der Waals surface area contributed by atoms with E-state index in [2.05, 4.69) is 30.6 Å². The molecule has 2 atom stereocenters. The highest BCUT2D eigenvalue weighted by molar-refractivity contribution is 9.10. The molecule has 28 heavy (non-hydrogen) atoms. The maximum absolute atomic E-state index is 15.2. The fraction of sp³-hybridized carbons (Fsp3) is 0.556. The van der Waals surface area contributed by atoms with Crippen molar-refractivity contribution in [2.75, 3.05) is 23.7 Å². The number of ether oxygens (including phenoxy) is 1. The molecule has 6 nitrogen and oxygen atoms in total. The van der Waals surface area contributed by atoms with Crippen molar-refractivity contribution < 1.29 is 14.2 Å². The number of fused-ring (bicyclic) bond motifs is 5. The number of nitrogens with zero attached hydrogens (tertiary/aromatic N) is 4. The van der Waals surface area contributed by atoms with Gasteiger partial charge in [0.2, 0.25) is 0 Å². The molecule has 0 spiro atoms. The minimum atomic E-state index is -0.452. The van der Waals surface area contributed by atoms with Crippen LogP contribution >= 0.6 is 27.7 Å². The van der Waals surface area contributed by atoms with E-state index in [1.165, 1.54) is 11.8 Å². The van der Waals surface area contributed by atoms with Gasteiger partial charge in [-0.3, -0.25) is 0 Å². The van der Waals surface area contributed by atoms with E-state index in [1.54, 1.807) is 0 Å². The van der Waals surface area contributed by atoms with Gasteiger partial charge in [-0.25, -0.2) is 14.4 Å². The van der Waals surface area contributed by atoms with Gasteiger partial charge in [0, 0.05) is 30.7 Å². The predicted octanol–water partition coefficient (Wildman–Crippen LogP) is 3.05. The molecular formula is C18H21BBrFN4O2S. The Morgan fingerprint density at radius 2 is 2.00 bits per heavy atom. The Bertz CT molecular complexity index is 953. The molecule has 2 unspecified atom stereocenters. The van der Waals surface area contributed by atoms with Gasteiger partial charge in [0.25, 0.3) is 0 Å². The number of thioether (sulfide) groups is 1. The molecule has 0 radical (unpaired) electrons. The summed E-state index contributed by atoms with van der Waals surface area (Å²) >= 11 is 4.94. The zero-order valence-corrected chi connectivity index (χ0v) is 18.2. The van der Waals surface area contributed by atoms with Gasteiger partial charge in [-0.2, -0.15) is 0 Å². The Kier molecular flexibility index (Phi) is 4.82. The first-order valence-corrected chi connectivity index (χ1v) is 11.4. The van der Waals surface area contributed by atoms with E-state index in [0.29, 0.717) is 28.4 Å². The third-order valence-electron chi connectivity index (χ3n) is 5.96. The molecule has 0 saturated carbocycles. The molecule has 10 heteroatoms. The van der Waals surface area contributed by atoms with E-state index in [9.17, 15) is 5.02 Å². The second kappa shape index (κ2) is 7.09. The average Bonchev–Trinajstić information content (AvgIpc) is 3.16. The maximum Gasteiger partial charge on any atom is 0.376 e. The number of hydrogen-bond acceptors (Lipinski definition) is 7. The van der Waals surface area contributed by atoms with Crippen LogP contribution in [0.25, 0.3) is 10.9 Å². The molecule has 1 N–H and O–H groups in total. The minimum absolute atomic E-state index is 0.274. The maximum atomic E-state index is 15.2. The number of aromatic nitrogens is 2. The van der Waals surface area contributed by atoms with Gasteiger partial charge in [-0.1, -0.05) is 18.7 Å². The SMILES string of the molecule is CCSc1nc(N2C3CC2CN(B(C)O)C3)c2c3c(c(Br)c(F)c2n1)COC3. The third kappa shape index (κ3) is 2.80. The van der Waals surface area contributed by atoms with Crippen molar-refractivity contribution in [3.63, 3.8) is 0 Å². The van der Waals surface area contributed by atoms with Crippen molar-refractivity contribution in [3.8, 4) is 0 Å². The molecule has 148 valence electrons. The summed E-state index contributed by atoms with van der Waals surface area (Å²) in [7, 11) is -0.452. The van der Waals surface area contributed by atoms with E-state index in [4.69, 9.17) is 9.72 Å². The number of piperazine rings is 1. The Morgan fingerprint density at radius 3 is 2.68 bits per heavy atom. The highest BCUT2D eigenvalue weighted by atomic mass is 79.9. The van der Waals surface area contributed by atoms with Crippen LogP contribution in [-0.2, 0) is 18.0 Å². The zero-order chi connectivity index (χ0) is 19.6. The number of rotatable bonds is 4. The number of piperidine rings is 1. The molecule has 1 aromatic heterocycles. The van der Waals surface area contributed by atoms with Gasteiger partial charge in [0.15, 0.2) is 11.0 Å². The lowest BCUT2D eigenvalue weighted by atomic mass is 9.76. The lowest BCUT2D eigenvalue weighted by Gasteiger charge is -2.57. The van der Waals surface area contributed by atoms with Gasteiger partial charge in [-0.05, 0) is 40.5 Å². The zero-order valence-electron chi connectivity index (χ0n) is 15.8. The molecule has 3 aliphatic rings. The summed E-state index contributed by atoms with van der Waals surface area (Å²) in [5, 5.41) is 11.3. The summed E-state index contributed by atoms with van der Waals surface area (Å²) in [6, 6.07) is 0.547. The summed E-state index contributed by atoms with van der Waals surface area (Å²) in [4.78, 5) is 13.8. The molecule has 1 aromatic carbocycles. The normalized spacial score (nSPS) is 23.8. The molecule has 2 aromatic rings. The monoisotopic (exact) mass is 466 g/mol. The number of hydrogen-bond donors (Lipinski definition) is 1. The van der Waals surface area contributed by atoms with Gasteiger partial charge in [0.1, 0.15) is 11.3 Å². The lowest BCUT2D eigenvalue weighted by molar-refractivity contribution is 0.134. The van der Waals surface area contributed by atoms with Crippen LogP contribution in [0.4, 0.5) is 10.2 Å². The predicted molar refractivity (Wildman–Crippen MR) is 112 cm³/mol. The second-order valence-corrected chi connectivity index (χ2v) is 9.62. The Balaban J connectivity index is 1.68. The average molecular weight is 467 g/mol. The van der Waals surface area contributed by atoms with Gasteiger partial charge < -0.3 is 19.5 Å². The third-order valence-corrected chi connectivity index (χ3v) is 7.52. The fourth-order valence-corrected chi connectivity index (χ4v) is 5.73. The Hall–Kier alpha value is -0.935. The molecule has 0 amide bonds. The lowest BCUT2D eigenvalue weighted by Crippen LogP contribution is -2.71. The molecule has 5 rings (SSSR count). The van der Waals surface area contributed by atoms with Crippen LogP contribution in [0, 0.1) is 5.82 Å². The van der Waals surface area contributed by atoms with E-state index in [0.717, 1.165) is 47.6 Å². The van der Waals surface area contributed by atoms with Crippen molar-refractivity contribution in [1.82, 2.24) is 14.8 Å². The molecule has 4 heterocycles. The topological polar surface area (TPSA) is 61.7 Å². The summed E-state index contributed by atoms with van der Waals surface area (Å²) in [6.45, 7) is 6.27. The van der Waals surface area contributed by atoms with Crippen LogP contribution < -0.4 is 4.90 Å². The van der Waals surface area contributed by atoms with Gasteiger partial charge >= 0.3 is 7.05 Å². The van der Waals surface area contributed by atoms with Gasteiger partial charge in [-0.15, -0.1) is 0 Å². The minimum Gasteiger partial charge on any atom is -0.437 e. The second-order valence-electron chi connectivity index (χ2n) is 7.60. The number of benzene rings is 1. The standard InChI is InChI=1S/C18H21BBrFN4O2S/c1-3-28-18-22-16-13(11-7-27-8-12(11)14(20)15(16)21)17(23-18)25-9-4-10(25)6-24(5-9)19(2)26/h9-10,26H,3-8H2,1-2H3. The first kappa shape index (κ1) is 19.1. The summed E-state index contributed by atoms with van der Waals surface area (Å²) < 4.78 is 21.3. The van der Waals surface area contributed by atoms with E-state index < -0.39 is 7.05 Å². The Morgan fingerprint density at radius 1 is 1.29 bits per heavy atom. The molecule has 2 fully saturated rings. The molecule has 3 aliphatic heterocycles. The van der Waals surface area contributed by atoms with Crippen molar-refractivity contribution in [2.24, 2.45) is 0 Å². The van der Waals surface area contributed by atoms with E-state index in [1.807, 2.05) is 13.7 Å². The van der Waals surface area contributed by atoms with Crippen LogP contribution in [0.1, 0.15) is 24.5 Å². The fourth-order valence-electron chi connectivity index (χ4n) is 4.62. The van der Waals surface area contributed by atoms with E-state index in [-0.39, 0.29) is 17.9 Å². The highest BCUT2D eigenvalue weighted by Crippen LogP contribution is 2.45. The molecule has 2 bridgehead atoms. The van der Waals surface area contributed by atoms with E-state index >= 15 is 4.39 Å². The highest BCUT2D eigenvalue weighted by Gasteiger charge is 2.47.